The average molecular weight is 416 g/mol. The molecule has 1 N–H and O–H groups in total. The number of carbonyl (C=O) groups excluding carboxylic acids is 2. The number of amides is 1. The van der Waals surface area contributed by atoms with Crippen LogP contribution in [0.2, 0.25) is 0 Å². The van der Waals surface area contributed by atoms with E-state index in [-0.39, 0.29) is 17.1 Å². The van der Waals surface area contributed by atoms with Crippen LogP contribution in [0.4, 0.5) is 14.5 Å². The topological polar surface area (TPSA) is 97.6 Å². The van der Waals surface area contributed by atoms with Crippen LogP contribution in [0.15, 0.2) is 48.5 Å². The highest BCUT2D eigenvalue weighted by molar-refractivity contribution is 5.96. The Hall–Kier alpha value is -3.93. The first-order chi connectivity index (χ1) is 14.3. The summed E-state index contributed by atoms with van der Waals surface area (Å²) >= 11 is 0. The van der Waals surface area contributed by atoms with Crippen molar-refractivity contribution in [3.63, 3.8) is 0 Å². The number of esters is 1. The van der Waals surface area contributed by atoms with E-state index in [1.807, 2.05) is 6.07 Å². The molecule has 9 heteroatoms. The summed E-state index contributed by atoms with van der Waals surface area (Å²) < 4.78 is 39.7. The Morgan fingerprint density at radius 1 is 1.20 bits per heavy atom. The molecule has 0 aliphatic heterocycles. The van der Waals surface area contributed by atoms with Gasteiger partial charge in [0.05, 0.1) is 18.7 Å². The predicted molar refractivity (Wildman–Crippen MR) is 104 cm³/mol. The quantitative estimate of drug-likeness (QED) is 0.520. The van der Waals surface area contributed by atoms with Crippen molar-refractivity contribution in [2.75, 3.05) is 12.4 Å². The van der Waals surface area contributed by atoms with Crippen LogP contribution in [0.25, 0.3) is 6.08 Å². The summed E-state index contributed by atoms with van der Waals surface area (Å²) in [5, 5.41) is 11.4. The summed E-state index contributed by atoms with van der Waals surface area (Å²) in [4.78, 5) is 24.2. The van der Waals surface area contributed by atoms with E-state index in [2.05, 4.69) is 10.1 Å². The second kappa shape index (κ2) is 10.6. The number of hydrogen-bond acceptors (Lipinski definition) is 6. The number of para-hydroxylation sites is 1. The van der Waals surface area contributed by atoms with Gasteiger partial charge in [-0.05, 0) is 37.3 Å². The maximum atomic E-state index is 12.6. The Kier molecular flexibility index (Phi) is 7.88. The van der Waals surface area contributed by atoms with Crippen molar-refractivity contribution < 1.29 is 32.6 Å². The van der Waals surface area contributed by atoms with E-state index in [0.29, 0.717) is 11.3 Å². The lowest BCUT2D eigenvalue weighted by atomic mass is 10.1. The zero-order chi connectivity index (χ0) is 22.1. The van der Waals surface area contributed by atoms with E-state index in [0.717, 1.165) is 6.08 Å². The Labute approximate surface area is 171 Å². The number of anilines is 1. The van der Waals surface area contributed by atoms with Crippen LogP contribution in [-0.2, 0) is 14.3 Å². The molecule has 2 rings (SSSR count). The highest BCUT2D eigenvalue weighted by Crippen LogP contribution is 2.33. The third-order valence-corrected chi connectivity index (χ3v) is 3.76. The van der Waals surface area contributed by atoms with Gasteiger partial charge in [-0.2, -0.15) is 14.0 Å². The van der Waals surface area contributed by atoms with Crippen molar-refractivity contribution in [3.8, 4) is 17.6 Å². The largest absolute Gasteiger partial charge is 0.493 e. The lowest BCUT2D eigenvalue weighted by Crippen LogP contribution is -2.29. The van der Waals surface area contributed by atoms with Gasteiger partial charge in [0.15, 0.2) is 17.6 Å². The second-order valence-corrected chi connectivity index (χ2v) is 5.85. The summed E-state index contributed by atoms with van der Waals surface area (Å²) in [5.74, 6) is -1.63. The van der Waals surface area contributed by atoms with Crippen LogP contribution < -0.4 is 14.8 Å². The van der Waals surface area contributed by atoms with Crippen LogP contribution in [0.3, 0.4) is 0 Å². The molecule has 0 aromatic heterocycles. The minimum Gasteiger partial charge on any atom is -0.493 e. The van der Waals surface area contributed by atoms with E-state index >= 15 is 0 Å². The third kappa shape index (κ3) is 6.31. The van der Waals surface area contributed by atoms with E-state index < -0.39 is 24.6 Å². The Balaban J connectivity index is 2.03. The molecule has 0 fully saturated rings. The van der Waals surface area contributed by atoms with Gasteiger partial charge in [-0.1, -0.05) is 18.2 Å². The van der Waals surface area contributed by atoms with Crippen LogP contribution in [0.5, 0.6) is 11.5 Å². The van der Waals surface area contributed by atoms with Crippen LogP contribution in [0.1, 0.15) is 18.1 Å². The van der Waals surface area contributed by atoms with Crippen molar-refractivity contribution in [2.45, 2.75) is 19.6 Å². The van der Waals surface area contributed by atoms with Crippen molar-refractivity contribution in [2.24, 2.45) is 0 Å². The van der Waals surface area contributed by atoms with Gasteiger partial charge in [0.2, 0.25) is 0 Å². The van der Waals surface area contributed by atoms with Crippen molar-refractivity contribution in [3.05, 3.63) is 59.7 Å². The molecule has 7 nitrogen and oxygen atoms in total. The maximum absolute atomic E-state index is 12.6. The number of nitrogens with zero attached hydrogens (tertiary/aromatic N) is 1. The van der Waals surface area contributed by atoms with Gasteiger partial charge in [0.25, 0.3) is 5.91 Å². The third-order valence-electron chi connectivity index (χ3n) is 3.76. The minimum atomic E-state index is -3.08. The van der Waals surface area contributed by atoms with E-state index in [1.54, 1.807) is 18.2 Å². The van der Waals surface area contributed by atoms with Gasteiger partial charge in [-0.25, -0.2) is 4.79 Å². The molecule has 30 heavy (non-hydrogen) atoms. The van der Waals surface area contributed by atoms with Crippen LogP contribution in [-0.4, -0.2) is 31.7 Å². The van der Waals surface area contributed by atoms with Gasteiger partial charge in [0.1, 0.15) is 0 Å². The lowest BCUT2D eigenvalue weighted by Gasteiger charge is -2.13. The fourth-order valence-electron chi connectivity index (χ4n) is 2.38. The molecular formula is C21H18F2N2O5. The molecule has 0 heterocycles. The van der Waals surface area contributed by atoms with Crippen LogP contribution in [0, 0.1) is 11.3 Å². The molecule has 0 bridgehead atoms. The maximum Gasteiger partial charge on any atom is 0.387 e. The summed E-state index contributed by atoms with van der Waals surface area (Å²) in [5.41, 5.74) is 0.903. The molecule has 0 aliphatic rings. The van der Waals surface area contributed by atoms with Crippen LogP contribution >= 0.6 is 0 Å². The number of nitriles is 1. The Morgan fingerprint density at radius 3 is 2.60 bits per heavy atom. The molecule has 0 radical (unpaired) electrons. The first-order valence-electron chi connectivity index (χ1n) is 8.65. The molecule has 0 aliphatic carbocycles. The molecule has 0 saturated carbocycles. The second-order valence-electron chi connectivity index (χ2n) is 5.85. The SMILES string of the molecule is COc1cccc(/C=C/C(=O)O[C@H](C)C(=O)Nc2cccc(C#N)c2)c1OC(F)F. The number of hydrogen-bond donors (Lipinski definition) is 1. The van der Waals surface area contributed by atoms with E-state index in [1.165, 1.54) is 44.4 Å². The first-order valence-corrected chi connectivity index (χ1v) is 8.65. The Morgan fingerprint density at radius 2 is 1.93 bits per heavy atom. The lowest BCUT2D eigenvalue weighted by molar-refractivity contribution is -0.148. The molecule has 1 amide bonds. The molecule has 0 saturated heterocycles. The fourth-order valence-corrected chi connectivity index (χ4v) is 2.38. The summed E-state index contributed by atoms with van der Waals surface area (Å²) in [6.07, 6.45) is 1.05. The summed E-state index contributed by atoms with van der Waals surface area (Å²) in [7, 11) is 1.29. The number of nitrogens with one attached hydrogen (secondary N) is 1. The summed E-state index contributed by atoms with van der Waals surface area (Å²) in [6, 6.07) is 12.6. The molecule has 2 aromatic rings. The number of halogens is 2. The van der Waals surface area contributed by atoms with E-state index in [9.17, 15) is 18.4 Å². The molecule has 0 unspecified atom stereocenters. The van der Waals surface area contributed by atoms with Crippen molar-refractivity contribution in [1.29, 1.82) is 5.26 Å². The average Bonchev–Trinajstić information content (AvgIpc) is 2.72. The predicted octanol–water partition coefficient (Wildman–Crippen LogP) is 3.75. The zero-order valence-corrected chi connectivity index (χ0v) is 16.1. The monoisotopic (exact) mass is 416 g/mol. The minimum absolute atomic E-state index is 0.0677. The Bertz CT molecular complexity index is 986. The number of carbonyl (C=O) groups is 2. The molecule has 1 atom stereocenters. The molecule has 156 valence electrons. The highest BCUT2D eigenvalue weighted by Gasteiger charge is 2.18. The summed E-state index contributed by atoms with van der Waals surface area (Å²) in [6.45, 7) is -1.71. The van der Waals surface area contributed by atoms with Gasteiger partial charge in [-0.3, -0.25) is 4.79 Å². The van der Waals surface area contributed by atoms with Gasteiger partial charge in [0, 0.05) is 17.3 Å². The number of rotatable bonds is 8. The highest BCUT2D eigenvalue weighted by atomic mass is 19.3. The first kappa shape index (κ1) is 22.4. The van der Waals surface area contributed by atoms with Crippen molar-refractivity contribution >= 4 is 23.6 Å². The zero-order valence-electron chi connectivity index (χ0n) is 16.1. The van der Waals surface area contributed by atoms with Gasteiger partial charge < -0.3 is 19.5 Å². The normalized spacial score (nSPS) is 11.6. The number of ether oxygens (including phenoxy) is 3. The number of benzene rings is 2. The van der Waals surface area contributed by atoms with Crippen molar-refractivity contribution in [1.82, 2.24) is 0 Å². The van der Waals surface area contributed by atoms with Gasteiger partial charge >= 0.3 is 12.6 Å². The molecule has 2 aromatic carbocycles. The number of methoxy groups -OCH3 is 1. The molecular weight excluding hydrogens is 398 g/mol. The smallest absolute Gasteiger partial charge is 0.387 e. The standard InChI is InChI=1S/C21H18F2N2O5/c1-13(20(27)25-16-7-3-5-14(11-16)12-24)29-18(26)10-9-15-6-4-8-17(28-2)19(15)30-21(22)23/h3-11,13,21H,1-2H3,(H,25,27)/b10-9+/t13-/m1/s1. The van der Waals surface area contributed by atoms with Gasteiger partial charge in [-0.15, -0.1) is 0 Å². The fraction of sp³-hybridized carbons (Fsp3) is 0.190. The number of alkyl halides is 2. The molecule has 0 spiro atoms. The van der Waals surface area contributed by atoms with E-state index in [4.69, 9.17) is 14.7 Å².